The van der Waals surface area contributed by atoms with E-state index in [4.69, 9.17) is 0 Å². The summed E-state index contributed by atoms with van der Waals surface area (Å²) in [6, 6.07) is 8.16. The molecule has 0 aromatic heterocycles. The Labute approximate surface area is 122 Å². The molecule has 0 saturated heterocycles. The van der Waals surface area contributed by atoms with Gasteiger partial charge in [0.25, 0.3) is 0 Å². The van der Waals surface area contributed by atoms with Gasteiger partial charge in [0.2, 0.25) is 5.91 Å². The quantitative estimate of drug-likeness (QED) is 0.836. The van der Waals surface area contributed by atoms with Crippen molar-refractivity contribution in [3.63, 3.8) is 0 Å². The van der Waals surface area contributed by atoms with Crippen molar-refractivity contribution in [2.24, 2.45) is 5.41 Å². The van der Waals surface area contributed by atoms with E-state index in [0.29, 0.717) is 12.8 Å². The molecule has 0 aliphatic carbocycles. The topological polar surface area (TPSA) is 52.9 Å². The standard InChI is InChI=1S/C17H24N2O/c1-5-9-17(12-18,10-6-2)16(20)19-15-8-7-13(3)11-14(15)4/h7-8,11H,5-6,9-10H2,1-4H3,(H,19,20). The fourth-order valence-corrected chi connectivity index (χ4v) is 2.56. The largest absolute Gasteiger partial charge is 0.324 e. The van der Waals surface area contributed by atoms with E-state index >= 15 is 0 Å². The van der Waals surface area contributed by atoms with Crippen LogP contribution in [-0.4, -0.2) is 5.91 Å². The fraction of sp³-hybridized carbons (Fsp3) is 0.529. The average Bonchev–Trinajstić information content (AvgIpc) is 2.41. The molecule has 0 spiro atoms. The summed E-state index contributed by atoms with van der Waals surface area (Å²) < 4.78 is 0. The van der Waals surface area contributed by atoms with Crippen LogP contribution in [-0.2, 0) is 4.79 Å². The molecule has 3 nitrogen and oxygen atoms in total. The Morgan fingerprint density at radius 2 is 1.85 bits per heavy atom. The van der Waals surface area contributed by atoms with Gasteiger partial charge in [-0.05, 0) is 38.3 Å². The normalized spacial score (nSPS) is 10.9. The number of nitrogens with one attached hydrogen (secondary N) is 1. The number of anilines is 1. The maximum absolute atomic E-state index is 12.5. The maximum atomic E-state index is 12.5. The highest BCUT2D eigenvalue weighted by atomic mass is 16.2. The summed E-state index contributed by atoms with van der Waals surface area (Å²) in [5, 5.41) is 12.4. The Morgan fingerprint density at radius 1 is 1.25 bits per heavy atom. The molecule has 0 aliphatic heterocycles. The van der Waals surface area contributed by atoms with Gasteiger partial charge in [0.1, 0.15) is 5.41 Å². The van der Waals surface area contributed by atoms with E-state index < -0.39 is 5.41 Å². The van der Waals surface area contributed by atoms with Gasteiger partial charge in [-0.1, -0.05) is 44.4 Å². The van der Waals surface area contributed by atoms with E-state index in [1.165, 1.54) is 0 Å². The first-order valence-electron chi connectivity index (χ1n) is 7.29. The third kappa shape index (κ3) is 3.60. The van der Waals surface area contributed by atoms with Crippen molar-refractivity contribution >= 4 is 11.6 Å². The third-order valence-electron chi connectivity index (χ3n) is 3.63. The SMILES string of the molecule is CCCC(C#N)(CCC)C(=O)Nc1ccc(C)cc1C. The number of benzene rings is 1. The summed E-state index contributed by atoms with van der Waals surface area (Å²) in [6.45, 7) is 8.00. The summed E-state index contributed by atoms with van der Waals surface area (Å²) >= 11 is 0. The van der Waals surface area contributed by atoms with Gasteiger partial charge in [0.15, 0.2) is 0 Å². The molecule has 20 heavy (non-hydrogen) atoms. The number of nitriles is 1. The van der Waals surface area contributed by atoms with Gasteiger partial charge >= 0.3 is 0 Å². The van der Waals surface area contributed by atoms with Gasteiger partial charge in [-0.2, -0.15) is 5.26 Å². The van der Waals surface area contributed by atoms with Crippen molar-refractivity contribution < 1.29 is 4.79 Å². The molecular weight excluding hydrogens is 248 g/mol. The zero-order valence-electron chi connectivity index (χ0n) is 12.9. The summed E-state index contributed by atoms with van der Waals surface area (Å²) in [5.74, 6) is -0.171. The molecule has 0 aliphatic rings. The van der Waals surface area contributed by atoms with Gasteiger partial charge in [-0.3, -0.25) is 4.79 Å². The molecule has 1 aromatic carbocycles. The average molecular weight is 272 g/mol. The lowest BCUT2D eigenvalue weighted by atomic mass is 9.79. The lowest BCUT2D eigenvalue weighted by Crippen LogP contribution is -2.35. The molecule has 0 bridgehead atoms. The van der Waals surface area contributed by atoms with Crippen LogP contribution in [0, 0.1) is 30.6 Å². The van der Waals surface area contributed by atoms with E-state index in [9.17, 15) is 10.1 Å². The number of hydrogen-bond donors (Lipinski definition) is 1. The first kappa shape index (κ1) is 16.2. The predicted octanol–water partition coefficient (Wildman–Crippen LogP) is 4.35. The monoisotopic (exact) mass is 272 g/mol. The van der Waals surface area contributed by atoms with Crippen molar-refractivity contribution in [2.75, 3.05) is 5.32 Å². The number of aryl methyl sites for hydroxylation is 2. The molecule has 3 heteroatoms. The number of carbonyl (C=O) groups is 1. The van der Waals surface area contributed by atoms with E-state index in [2.05, 4.69) is 11.4 Å². The smallest absolute Gasteiger partial charge is 0.244 e. The molecule has 0 radical (unpaired) electrons. The number of carbonyl (C=O) groups excluding carboxylic acids is 1. The summed E-state index contributed by atoms with van der Waals surface area (Å²) in [6.07, 6.45) is 2.86. The van der Waals surface area contributed by atoms with E-state index in [-0.39, 0.29) is 5.91 Å². The molecular formula is C17H24N2O. The lowest BCUT2D eigenvalue weighted by molar-refractivity contribution is -0.123. The maximum Gasteiger partial charge on any atom is 0.244 e. The minimum absolute atomic E-state index is 0.171. The molecule has 1 N–H and O–H groups in total. The number of nitrogens with zero attached hydrogens (tertiary/aromatic N) is 1. The molecule has 0 heterocycles. The van der Waals surface area contributed by atoms with Crippen LogP contribution in [0.1, 0.15) is 50.7 Å². The van der Waals surface area contributed by atoms with Crippen molar-refractivity contribution in [1.82, 2.24) is 0 Å². The van der Waals surface area contributed by atoms with Gasteiger partial charge in [-0.25, -0.2) is 0 Å². The van der Waals surface area contributed by atoms with E-state index in [1.54, 1.807) is 0 Å². The first-order chi connectivity index (χ1) is 9.49. The van der Waals surface area contributed by atoms with Crippen LogP contribution in [0.2, 0.25) is 0 Å². The van der Waals surface area contributed by atoms with Crippen LogP contribution in [0.5, 0.6) is 0 Å². The molecule has 0 fully saturated rings. The molecule has 1 amide bonds. The van der Waals surface area contributed by atoms with Gasteiger partial charge in [0.05, 0.1) is 6.07 Å². The summed E-state index contributed by atoms with van der Waals surface area (Å²) in [4.78, 5) is 12.5. The number of amides is 1. The van der Waals surface area contributed by atoms with Crippen molar-refractivity contribution in [2.45, 2.75) is 53.4 Å². The minimum Gasteiger partial charge on any atom is -0.324 e. The predicted molar refractivity (Wildman–Crippen MR) is 82.4 cm³/mol. The van der Waals surface area contributed by atoms with Crippen molar-refractivity contribution in [3.8, 4) is 6.07 Å². The lowest BCUT2D eigenvalue weighted by Gasteiger charge is -2.25. The zero-order valence-corrected chi connectivity index (χ0v) is 12.9. The fourth-order valence-electron chi connectivity index (χ4n) is 2.56. The van der Waals surface area contributed by atoms with Crippen LogP contribution in [0.15, 0.2) is 18.2 Å². The first-order valence-corrected chi connectivity index (χ1v) is 7.29. The zero-order chi connectivity index (χ0) is 15.2. The molecule has 108 valence electrons. The van der Waals surface area contributed by atoms with E-state index in [0.717, 1.165) is 29.7 Å². The van der Waals surface area contributed by atoms with Crippen LogP contribution >= 0.6 is 0 Å². The Hall–Kier alpha value is -1.82. The Bertz CT molecular complexity index is 508. The highest BCUT2D eigenvalue weighted by Gasteiger charge is 2.37. The van der Waals surface area contributed by atoms with Gasteiger partial charge < -0.3 is 5.32 Å². The van der Waals surface area contributed by atoms with Gasteiger partial charge in [-0.15, -0.1) is 0 Å². The van der Waals surface area contributed by atoms with Gasteiger partial charge in [0, 0.05) is 5.69 Å². The third-order valence-corrected chi connectivity index (χ3v) is 3.63. The Morgan fingerprint density at radius 3 is 2.30 bits per heavy atom. The number of rotatable bonds is 6. The summed E-state index contributed by atoms with van der Waals surface area (Å²) in [5.41, 5.74) is 2.08. The molecule has 0 atom stereocenters. The molecule has 1 aromatic rings. The highest BCUT2D eigenvalue weighted by molar-refractivity contribution is 5.97. The van der Waals surface area contributed by atoms with E-state index in [1.807, 2.05) is 45.9 Å². The highest BCUT2D eigenvalue weighted by Crippen LogP contribution is 2.31. The summed E-state index contributed by atoms with van der Waals surface area (Å²) in [7, 11) is 0. The van der Waals surface area contributed by atoms with Crippen LogP contribution in [0.25, 0.3) is 0 Å². The second-order valence-electron chi connectivity index (χ2n) is 5.47. The molecule has 1 rings (SSSR count). The Balaban J connectivity index is 2.99. The van der Waals surface area contributed by atoms with Crippen LogP contribution in [0.4, 0.5) is 5.69 Å². The van der Waals surface area contributed by atoms with Crippen LogP contribution in [0.3, 0.4) is 0 Å². The minimum atomic E-state index is -0.902. The van der Waals surface area contributed by atoms with Crippen molar-refractivity contribution in [3.05, 3.63) is 29.3 Å². The second-order valence-corrected chi connectivity index (χ2v) is 5.47. The number of hydrogen-bond acceptors (Lipinski definition) is 2. The Kier molecular flexibility index (Phi) is 5.76. The van der Waals surface area contributed by atoms with Crippen molar-refractivity contribution in [1.29, 1.82) is 5.26 Å². The van der Waals surface area contributed by atoms with Crippen LogP contribution < -0.4 is 5.32 Å². The second kappa shape index (κ2) is 7.09. The molecule has 0 unspecified atom stereocenters. The molecule has 0 saturated carbocycles.